The van der Waals surface area contributed by atoms with Crippen LogP contribution in [0.5, 0.6) is 0 Å². The van der Waals surface area contributed by atoms with Gasteiger partial charge in [0, 0.05) is 22.3 Å². The van der Waals surface area contributed by atoms with E-state index in [2.05, 4.69) is 50.0 Å². The van der Waals surface area contributed by atoms with Gasteiger partial charge in [0.2, 0.25) is 0 Å². The first-order chi connectivity index (χ1) is 7.83. The molecule has 3 nitrogen and oxygen atoms in total. The molecule has 0 bridgehead atoms. The van der Waals surface area contributed by atoms with Crippen molar-refractivity contribution in [2.75, 3.05) is 13.1 Å². The average molecular weight is 278 g/mol. The van der Waals surface area contributed by atoms with Gasteiger partial charge in [-0.1, -0.05) is 18.8 Å². The van der Waals surface area contributed by atoms with Gasteiger partial charge in [0.25, 0.3) is 0 Å². The number of H-pyrrole nitrogens is 1. The predicted molar refractivity (Wildman–Crippen MR) is 69.2 cm³/mol. The number of pyridine rings is 1. The molecule has 0 aromatic carbocycles. The fourth-order valence-corrected chi connectivity index (χ4v) is 2.01. The topological polar surface area (TPSA) is 40.7 Å². The second-order valence-corrected chi connectivity index (χ2v) is 4.18. The molecule has 2 aromatic heterocycles. The number of nitrogens with one attached hydrogen (secondary N) is 2. The van der Waals surface area contributed by atoms with Gasteiger partial charge in [0.15, 0.2) is 0 Å². The second-order valence-electron chi connectivity index (χ2n) is 3.33. The zero-order valence-electron chi connectivity index (χ0n) is 8.97. The summed E-state index contributed by atoms with van der Waals surface area (Å²) in [5, 5.41) is 4.26. The van der Waals surface area contributed by atoms with Gasteiger partial charge in [-0.3, -0.25) is 4.98 Å². The Balaban J connectivity index is 2.33. The lowest BCUT2D eigenvalue weighted by atomic mass is 10.2. The molecule has 0 aliphatic carbocycles. The third-order valence-corrected chi connectivity index (χ3v) is 2.83. The second kappa shape index (κ2) is 5.15. The van der Waals surface area contributed by atoms with Crippen LogP contribution in [0.1, 0.15) is 12.5 Å². The van der Waals surface area contributed by atoms with Crippen molar-refractivity contribution >= 4 is 26.8 Å². The number of hydrogen-bond donors (Lipinski definition) is 2. The van der Waals surface area contributed by atoms with Crippen LogP contribution in [0.15, 0.2) is 23.1 Å². The van der Waals surface area contributed by atoms with Crippen molar-refractivity contribution in [2.45, 2.75) is 6.92 Å². The van der Waals surface area contributed by atoms with Gasteiger partial charge >= 0.3 is 0 Å². The molecule has 0 aliphatic heterocycles. The summed E-state index contributed by atoms with van der Waals surface area (Å²) in [6.45, 7) is 3.72. The first-order valence-corrected chi connectivity index (χ1v) is 5.92. The first kappa shape index (κ1) is 11.2. The summed E-state index contributed by atoms with van der Waals surface area (Å²) in [4.78, 5) is 7.25. The maximum atomic E-state index is 4.10. The molecule has 0 amide bonds. The zero-order chi connectivity index (χ0) is 11.4. The summed E-state index contributed by atoms with van der Waals surface area (Å²) in [5.41, 5.74) is 2.00. The molecule has 0 unspecified atom stereocenters. The molecule has 16 heavy (non-hydrogen) atoms. The van der Waals surface area contributed by atoms with Crippen LogP contribution in [0.2, 0.25) is 0 Å². The average Bonchev–Trinajstić information content (AvgIpc) is 2.69. The number of aromatic amines is 1. The van der Waals surface area contributed by atoms with Gasteiger partial charge < -0.3 is 10.3 Å². The van der Waals surface area contributed by atoms with E-state index >= 15 is 0 Å². The minimum atomic E-state index is 0.714. The predicted octanol–water partition coefficient (Wildman–Crippen LogP) is 2.29. The van der Waals surface area contributed by atoms with Crippen LogP contribution in [-0.2, 0) is 0 Å². The minimum Gasteiger partial charge on any atom is -0.359 e. The van der Waals surface area contributed by atoms with Crippen molar-refractivity contribution in [3.8, 4) is 11.8 Å². The molecule has 2 rings (SSSR count). The summed E-state index contributed by atoms with van der Waals surface area (Å²) < 4.78 is 0.971. The zero-order valence-corrected chi connectivity index (χ0v) is 10.6. The minimum absolute atomic E-state index is 0.714. The highest BCUT2D eigenvalue weighted by Gasteiger charge is 2.04. The summed E-state index contributed by atoms with van der Waals surface area (Å²) in [6, 6.07) is 0. The normalized spacial score (nSPS) is 10.1. The lowest BCUT2D eigenvalue weighted by Gasteiger charge is -1.93. The quantitative estimate of drug-likeness (QED) is 0.653. The van der Waals surface area contributed by atoms with Gasteiger partial charge in [-0.25, -0.2) is 0 Å². The monoisotopic (exact) mass is 277 g/mol. The highest BCUT2D eigenvalue weighted by Crippen LogP contribution is 2.24. The lowest BCUT2D eigenvalue weighted by molar-refractivity contribution is 0.811. The molecule has 2 heterocycles. The van der Waals surface area contributed by atoms with Crippen molar-refractivity contribution in [2.24, 2.45) is 0 Å². The number of aromatic nitrogens is 2. The number of nitrogens with zero attached hydrogens (tertiary/aromatic N) is 1. The number of hydrogen-bond acceptors (Lipinski definition) is 2. The Morgan fingerprint density at radius 3 is 3.19 bits per heavy atom. The Morgan fingerprint density at radius 1 is 1.50 bits per heavy atom. The molecular formula is C12H12BrN3. The van der Waals surface area contributed by atoms with Crippen molar-refractivity contribution in [1.82, 2.24) is 15.3 Å². The van der Waals surface area contributed by atoms with E-state index in [1.165, 1.54) is 0 Å². The summed E-state index contributed by atoms with van der Waals surface area (Å²) >= 11 is 3.48. The molecule has 0 atom stereocenters. The molecule has 0 radical (unpaired) electrons. The number of rotatable bonds is 2. The Labute approximate surface area is 103 Å². The van der Waals surface area contributed by atoms with Crippen LogP contribution >= 0.6 is 15.9 Å². The van der Waals surface area contributed by atoms with Crippen LogP contribution < -0.4 is 5.32 Å². The molecule has 0 saturated heterocycles. The number of fused-ring (bicyclic) bond motifs is 1. The molecule has 4 heteroatoms. The van der Waals surface area contributed by atoms with Crippen LogP contribution in [0.4, 0.5) is 0 Å². The standard InChI is InChI=1S/C12H12BrN3/c1-2-14-5-3-4-9-6-16-11-8-15-7-10(13)12(9)11/h6-8,14,16H,2,5H2,1H3. The van der Waals surface area contributed by atoms with E-state index in [-0.39, 0.29) is 0 Å². The van der Waals surface area contributed by atoms with Gasteiger partial charge in [-0.15, -0.1) is 0 Å². The third kappa shape index (κ3) is 2.26. The third-order valence-electron chi connectivity index (χ3n) is 2.23. The fraction of sp³-hybridized carbons (Fsp3) is 0.250. The van der Waals surface area contributed by atoms with Crippen LogP contribution in [0.3, 0.4) is 0 Å². The highest BCUT2D eigenvalue weighted by atomic mass is 79.9. The Bertz CT molecular complexity index is 548. The number of halogens is 1. The van der Waals surface area contributed by atoms with Crippen LogP contribution in [0, 0.1) is 11.8 Å². The Morgan fingerprint density at radius 2 is 2.38 bits per heavy atom. The summed E-state index contributed by atoms with van der Waals surface area (Å²) in [6.07, 6.45) is 5.50. The lowest BCUT2D eigenvalue weighted by Crippen LogP contribution is -2.11. The van der Waals surface area contributed by atoms with E-state index in [9.17, 15) is 0 Å². The highest BCUT2D eigenvalue weighted by molar-refractivity contribution is 9.10. The van der Waals surface area contributed by atoms with E-state index < -0.39 is 0 Å². The maximum absolute atomic E-state index is 4.10. The molecule has 0 saturated carbocycles. The molecule has 2 N–H and O–H groups in total. The van der Waals surface area contributed by atoms with E-state index in [1.807, 2.05) is 6.20 Å². The van der Waals surface area contributed by atoms with Gasteiger partial charge in [0.1, 0.15) is 0 Å². The van der Waals surface area contributed by atoms with Gasteiger partial charge in [0.05, 0.1) is 23.8 Å². The fourth-order valence-electron chi connectivity index (χ4n) is 1.47. The summed E-state index contributed by atoms with van der Waals surface area (Å²) in [5.74, 6) is 6.23. The van der Waals surface area contributed by atoms with Gasteiger partial charge in [-0.2, -0.15) is 0 Å². The first-order valence-electron chi connectivity index (χ1n) is 5.13. The molecule has 0 fully saturated rings. The molecule has 82 valence electrons. The Hall–Kier alpha value is -1.31. The molecule has 0 aliphatic rings. The molecular weight excluding hydrogens is 266 g/mol. The van der Waals surface area contributed by atoms with E-state index in [4.69, 9.17) is 0 Å². The summed E-state index contributed by atoms with van der Waals surface area (Å²) in [7, 11) is 0. The van der Waals surface area contributed by atoms with E-state index in [1.54, 1.807) is 12.4 Å². The SMILES string of the molecule is CCNCC#Cc1c[nH]c2cncc(Br)c12. The van der Waals surface area contributed by atoms with Crippen LogP contribution in [0.25, 0.3) is 10.9 Å². The Kier molecular flexibility index (Phi) is 3.60. The van der Waals surface area contributed by atoms with Crippen molar-refractivity contribution in [3.05, 3.63) is 28.6 Å². The molecule has 2 aromatic rings. The largest absolute Gasteiger partial charge is 0.359 e. The van der Waals surface area contributed by atoms with Crippen molar-refractivity contribution in [1.29, 1.82) is 0 Å². The van der Waals surface area contributed by atoms with Crippen molar-refractivity contribution in [3.63, 3.8) is 0 Å². The molecule has 0 spiro atoms. The maximum Gasteiger partial charge on any atom is 0.0664 e. The smallest absolute Gasteiger partial charge is 0.0664 e. The van der Waals surface area contributed by atoms with Gasteiger partial charge in [-0.05, 0) is 22.5 Å². The van der Waals surface area contributed by atoms with E-state index in [0.717, 1.165) is 27.5 Å². The van der Waals surface area contributed by atoms with Crippen LogP contribution in [-0.4, -0.2) is 23.1 Å². The van der Waals surface area contributed by atoms with Crippen molar-refractivity contribution < 1.29 is 0 Å². The van der Waals surface area contributed by atoms with E-state index in [0.29, 0.717) is 6.54 Å².